The normalized spacial score (nSPS) is 10.8. The smallest absolute Gasteiger partial charge is 0.339 e. The van der Waals surface area contributed by atoms with E-state index in [9.17, 15) is 18.0 Å². The van der Waals surface area contributed by atoms with Crippen LogP contribution in [0.25, 0.3) is 5.69 Å². The number of aromatic carboxylic acids is 1. The minimum absolute atomic E-state index is 0.137. The highest BCUT2D eigenvalue weighted by Gasteiger charge is 2.19. The van der Waals surface area contributed by atoms with E-state index in [1.165, 1.54) is 6.92 Å². The highest BCUT2D eigenvalue weighted by Crippen LogP contribution is 2.23. The lowest BCUT2D eigenvalue weighted by molar-refractivity contribution is 0.0696. The van der Waals surface area contributed by atoms with Gasteiger partial charge in [0.05, 0.1) is 5.69 Å². The number of carbonyl (C=O) groups is 1. The number of carboxylic acids is 1. The van der Waals surface area contributed by atoms with E-state index in [-0.39, 0.29) is 16.9 Å². The van der Waals surface area contributed by atoms with Crippen molar-refractivity contribution in [2.24, 2.45) is 0 Å². The number of aromatic nitrogens is 2. The number of aryl methyl sites for hydroxylation is 1. The maximum atomic E-state index is 13.9. The largest absolute Gasteiger partial charge is 0.478 e. The molecule has 0 saturated heterocycles. The lowest BCUT2D eigenvalue weighted by atomic mass is 10.2. The van der Waals surface area contributed by atoms with Crippen molar-refractivity contribution < 1.29 is 23.1 Å². The fraction of sp³-hybridized carbons (Fsp3) is 0.167. The first kappa shape index (κ1) is 13.1. The van der Waals surface area contributed by atoms with Crippen molar-refractivity contribution in [3.63, 3.8) is 0 Å². The van der Waals surface area contributed by atoms with E-state index in [4.69, 9.17) is 5.11 Å². The molecule has 0 unspecified atom stereocenters. The van der Waals surface area contributed by atoms with Gasteiger partial charge in [-0.3, -0.25) is 0 Å². The van der Waals surface area contributed by atoms with E-state index in [1.807, 2.05) is 0 Å². The number of benzene rings is 1. The molecular weight excluding hydrogens is 261 g/mol. The standard InChI is InChI=1S/C12H9F3N2O2/c1-5-10(14)8(13)3-9(11(5)15)17-4-7(12(18)19)6(2)16-17/h3-4H,1-2H3,(H,18,19). The minimum atomic E-state index is -1.27. The quantitative estimate of drug-likeness (QED) is 0.853. The van der Waals surface area contributed by atoms with Crippen LogP contribution in [0.3, 0.4) is 0 Å². The first-order chi connectivity index (χ1) is 8.82. The summed E-state index contributed by atoms with van der Waals surface area (Å²) in [5, 5.41) is 12.6. The molecule has 1 heterocycles. The third-order valence-electron chi connectivity index (χ3n) is 2.73. The zero-order valence-electron chi connectivity index (χ0n) is 10.0. The van der Waals surface area contributed by atoms with E-state index < -0.39 is 29.0 Å². The molecule has 2 rings (SSSR count). The third kappa shape index (κ3) is 2.07. The number of hydrogen-bond donors (Lipinski definition) is 1. The van der Waals surface area contributed by atoms with Crippen LogP contribution in [0, 0.1) is 31.3 Å². The van der Waals surface area contributed by atoms with Gasteiger partial charge in [0.1, 0.15) is 11.3 Å². The van der Waals surface area contributed by atoms with Crippen LogP contribution in [-0.2, 0) is 0 Å². The van der Waals surface area contributed by atoms with Gasteiger partial charge in [0, 0.05) is 17.8 Å². The molecule has 0 fully saturated rings. The summed E-state index contributed by atoms with van der Waals surface area (Å²) in [4.78, 5) is 10.9. The Bertz CT molecular complexity index is 680. The molecule has 2 aromatic rings. The second-order valence-electron chi connectivity index (χ2n) is 4.01. The zero-order chi connectivity index (χ0) is 14.3. The van der Waals surface area contributed by atoms with Gasteiger partial charge in [0.15, 0.2) is 17.5 Å². The Morgan fingerprint density at radius 3 is 2.42 bits per heavy atom. The first-order valence-electron chi connectivity index (χ1n) is 5.27. The Hall–Kier alpha value is -2.31. The Balaban J connectivity index is 2.66. The first-order valence-corrected chi connectivity index (χ1v) is 5.27. The molecule has 100 valence electrons. The van der Waals surface area contributed by atoms with Crippen LogP contribution in [0.2, 0.25) is 0 Å². The molecule has 0 aliphatic heterocycles. The van der Waals surface area contributed by atoms with E-state index in [1.54, 1.807) is 0 Å². The Kier molecular flexibility index (Phi) is 3.05. The molecule has 4 nitrogen and oxygen atoms in total. The van der Waals surface area contributed by atoms with Crippen LogP contribution < -0.4 is 0 Å². The fourth-order valence-electron chi connectivity index (χ4n) is 1.67. The van der Waals surface area contributed by atoms with Gasteiger partial charge in [-0.2, -0.15) is 5.10 Å². The van der Waals surface area contributed by atoms with Crippen LogP contribution >= 0.6 is 0 Å². The predicted molar refractivity (Wildman–Crippen MR) is 59.9 cm³/mol. The van der Waals surface area contributed by atoms with E-state index >= 15 is 0 Å². The van der Waals surface area contributed by atoms with E-state index in [2.05, 4.69) is 5.10 Å². The Labute approximate surface area is 106 Å². The summed E-state index contributed by atoms with van der Waals surface area (Å²) < 4.78 is 41.2. The van der Waals surface area contributed by atoms with Gasteiger partial charge in [0.2, 0.25) is 0 Å². The SMILES string of the molecule is Cc1nn(-c2cc(F)c(F)c(C)c2F)cc1C(=O)O. The molecule has 7 heteroatoms. The van der Waals surface area contributed by atoms with Gasteiger partial charge in [-0.15, -0.1) is 0 Å². The molecule has 1 aromatic carbocycles. The van der Waals surface area contributed by atoms with Gasteiger partial charge in [-0.05, 0) is 13.8 Å². The van der Waals surface area contributed by atoms with Gasteiger partial charge in [-0.1, -0.05) is 0 Å². The fourth-order valence-corrected chi connectivity index (χ4v) is 1.67. The predicted octanol–water partition coefficient (Wildman–Crippen LogP) is 2.60. The average molecular weight is 270 g/mol. The highest BCUT2D eigenvalue weighted by molar-refractivity contribution is 5.88. The van der Waals surface area contributed by atoms with Crippen LogP contribution in [0.5, 0.6) is 0 Å². The lowest BCUT2D eigenvalue weighted by Gasteiger charge is -2.07. The summed E-state index contributed by atoms with van der Waals surface area (Å²) in [7, 11) is 0. The highest BCUT2D eigenvalue weighted by atomic mass is 19.2. The summed E-state index contributed by atoms with van der Waals surface area (Å²) in [6.45, 7) is 2.51. The van der Waals surface area contributed by atoms with Crippen molar-refractivity contribution in [1.29, 1.82) is 0 Å². The summed E-state index contributed by atoms with van der Waals surface area (Å²) in [5.74, 6) is -4.72. The van der Waals surface area contributed by atoms with Crippen LogP contribution in [0.4, 0.5) is 13.2 Å². The number of halogens is 3. The maximum Gasteiger partial charge on any atom is 0.339 e. The van der Waals surface area contributed by atoms with Gasteiger partial charge >= 0.3 is 5.97 Å². The summed E-state index contributed by atoms with van der Waals surface area (Å²) in [6.07, 6.45) is 1.05. The van der Waals surface area contributed by atoms with E-state index in [0.717, 1.165) is 17.8 Å². The summed E-state index contributed by atoms with van der Waals surface area (Å²) in [5.41, 5.74) is -0.817. The van der Waals surface area contributed by atoms with Crippen molar-refractivity contribution >= 4 is 5.97 Å². The van der Waals surface area contributed by atoms with Crippen molar-refractivity contribution in [2.75, 3.05) is 0 Å². The number of carboxylic acid groups (broad SMARTS) is 1. The molecule has 19 heavy (non-hydrogen) atoms. The second-order valence-corrected chi connectivity index (χ2v) is 4.01. The zero-order valence-corrected chi connectivity index (χ0v) is 10.0. The molecule has 0 atom stereocenters. The van der Waals surface area contributed by atoms with Gasteiger partial charge < -0.3 is 5.11 Å². The van der Waals surface area contributed by atoms with Crippen LogP contribution in [0.15, 0.2) is 12.3 Å². The van der Waals surface area contributed by atoms with Crippen LogP contribution in [-0.4, -0.2) is 20.9 Å². The molecule has 0 aliphatic rings. The Morgan fingerprint density at radius 1 is 1.26 bits per heavy atom. The molecule has 1 aromatic heterocycles. The molecule has 1 N–H and O–H groups in total. The van der Waals surface area contributed by atoms with Crippen molar-refractivity contribution in [2.45, 2.75) is 13.8 Å². The minimum Gasteiger partial charge on any atom is -0.478 e. The van der Waals surface area contributed by atoms with Crippen molar-refractivity contribution in [3.8, 4) is 5.69 Å². The summed E-state index contributed by atoms with van der Waals surface area (Å²) >= 11 is 0. The van der Waals surface area contributed by atoms with Gasteiger partial charge in [-0.25, -0.2) is 22.6 Å². The molecule has 0 aliphatic carbocycles. The monoisotopic (exact) mass is 270 g/mol. The molecular formula is C12H9F3N2O2. The lowest BCUT2D eigenvalue weighted by Crippen LogP contribution is -2.04. The molecule has 0 amide bonds. The van der Waals surface area contributed by atoms with Crippen molar-refractivity contribution in [3.05, 3.63) is 46.5 Å². The average Bonchev–Trinajstić information content (AvgIpc) is 2.73. The maximum absolute atomic E-state index is 13.9. The summed E-state index contributed by atoms with van der Waals surface area (Å²) in [6, 6.07) is 0.635. The second kappa shape index (κ2) is 4.42. The number of nitrogens with zero attached hydrogens (tertiary/aromatic N) is 2. The molecule has 0 saturated carbocycles. The molecule has 0 spiro atoms. The third-order valence-corrected chi connectivity index (χ3v) is 2.73. The molecule has 0 radical (unpaired) electrons. The topological polar surface area (TPSA) is 55.1 Å². The number of hydrogen-bond acceptors (Lipinski definition) is 2. The van der Waals surface area contributed by atoms with E-state index in [0.29, 0.717) is 6.07 Å². The molecule has 0 bridgehead atoms. The van der Waals surface area contributed by atoms with Gasteiger partial charge in [0.25, 0.3) is 0 Å². The van der Waals surface area contributed by atoms with Crippen LogP contribution in [0.1, 0.15) is 21.6 Å². The Morgan fingerprint density at radius 2 is 1.89 bits per heavy atom. The number of rotatable bonds is 2. The van der Waals surface area contributed by atoms with Crippen molar-refractivity contribution in [1.82, 2.24) is 9.78 Å².